The zero-order chi connectivity index (χ0) is 18.0. The predicted molar refractivity (Wildman–Crippen MR) is 99.2 cm³/mol. The molecule has 6 heteroatoms. The Labute approximate surface area is 149 Å². The highest BCUT2D eigenvalue weighted by Crippen LogP contribution is 2.41. The summed E-state index contributed by atoms with van der Waals surface area (Å²) in [5.41, 5.74) is 7.87. The Kier molecular flexibility index (Phi) is 4.90. The van der Waals surface area contributed by atoms with Gasteiger partial charge in [-0.1, -0.05) is 6.07 Å². The zero-order valence-corrected chi connectivity index (χ0v) is 14.9. The quantitative estimate of drug-likeness (QED) is 0.652. The van der Waals surface area contributed by atoms with Crippen molar-refractivity contribution in [3.05, 3.63) is 42.0 Å². The number of aryl methyl sites for hydroxylation is 1. The lowest BCUT2D eigenvalue weighted by atomic mass is 10.1. The highest BCUT2D eigenvalue weighted by atomic mass is 32.2. The first-order valence-corrected chi connectivity index (χ1v) is 9.01. The molecule has 2 aromatic carbocycles. The summed E-state index contributed by atoms with van der Waals surface area (Å²) in [6, 6.07) is 11.0. The molecule has 1 aromatic heterocycles. The van der Waals surface area contributed by atoms with Crippen LogP contribution in [0.25, 0.3) is 22.3 Å². The Bertz CT molecular complexity index is 933. The van der Waals surface area contributed by atoms with Gasteiger partial charge in [0.15, 0.2) is 11.5 Å². The van der Waals surface area contributed by atoms with E-state index in [1.807, 2.05) is 24.5 Å². The monoisotopic (exact) mass is 357 g/mol. The second-order valence-corrected chi connectivity index (χ2v) is 6.46. The van der Waals surface area contributed by atoms with Crippen LogP contribution >= 0.6 is 11.8 Å². The lowest BCUT2D eigenvalue weighted by Crippen LogP contribution is -2.11. The molecule has 0 aliphatic carbocycles. The van der Waals surface area contributed by atoms with Gasteiger partial charge < -0.3 is 20.0 Å². The zero-order valence-electron chi connectivity index (χ0n) is 14.0. The molecule has 0 aliphatic heterocycles. The number of methoxy groups -OCH3 is 1. The van der Waals surface area contributed by atoms with Gasteiger partial charge in [0.2, 0.25) is 5.91 Å². The van der Waals surface area contributed by atoms with Gasteiger partial charge in [-0.3, -0.25) is 4.79 Å². The van der Waals surface area contributed by atoms with Crippen molar-refractivity contribution < 1.29 is 19.1 Å². The summed E-state index contributed by atoms with van der Waals surface area (Å²) in [5, 5.41) is 10.8. The molecule has 3 N–H and O–H groups in total. The SMILES string of the molecule is COc1cc(-c2oc3ccc(CCC(N)=O)cc3c2SC)ccc1O. The van der Waals surface area contributed by atoms with Crippen LogP contribution in [0.2, 0.25) is 0 Å². The third-order valence-electron chi connectivity index (χ3n) is 4.01. The van der Waals surface area contributed by atoms with E-state index in [0.717, 1.165) is 32.8 Å². The van der Waals surface area contributed by atoms with Crippen molar-refractivity contribution in [1.82, 2.24) is 0 Å². The van der Waals surface area contributed by atoms with Crippen LogP contribution in [0.3, 0.4) is 0 Å². The average Bonchev–Trinajstić information content (AvgIpc) is 2.98. The fourth-order valence-electron chi connectivity index (χ4n) is 2.76. The number of hydrogen-bond donors (Lipinski definition) is 2. The molecule has 0 radical (unpaired) electrons. The molecule has 130 valence electrons. The van der Waals surface area contributed by atoms with Crippen LogP contribution in [0.1, 0.15) is 12.0 Å². The van der Waals surface area contributed by atoms with E-state index < -0.39 is 0 Å². The molecule has 0 unspecified atom stereocenters. The topological polar surface area (TPSA) is 85.7 Å². The Morgan fingerprint density at radius 1 is 1.28 bits per heavy atom. The highest BCUT2D eigenvalue weighted by molar-refractivity contribution is 7.99. The molecule has 1 amide bonds. The second-order valence-electron chi connectivity index (χ2n) is 5.65. The number of hydrogen-bond acceptors (Lipinski definition) is 5. The van der Waals surface area contributed by atoms with E-state index in [1.54, 1.807) is 30.0 Å². The van der Waals surface area contributed by atoms with Crippen molar-refractivity contribution in [3.63, 3.8) is 0 Å². The molecule has 0 atom stereocenters. The fraction of sp³-hybridized carbons (Fsp3) is 0.211. The molecule has 0 spiro atoms. The van der Waals surface area contributed by atoms with Crippen LogP contribution in [0.15, 0.2) is 45.7 Å². The summed E-state index contributed by atoms with van der Waals surface area (Å²) in [6.07, 6.45) is 2.91. The summed E-state index contributed by atoms with van der Waals surface area (Å²) in [6.45, 7) is 0. The predicted octanol–water partition coefficient (Wildman–Crippen LogP) is 3.95. The number of phenolic OH excluding ortho intramolecular Hbond substituents is 1. The number of phenols is 1. The molecule has 3 aromatic rings. The summed E-state index contributed by atoms with van der Waals surface area (Å²) in [5.74, 6) is 0.899. The van der Waals surface area contributed by atoms with E-state index in [0.29, 0.717) is 18.6 Å². The Morgan fingerprint density at radius 2 is 2.08 bits per heavy atom. The van der Waals surface area contributed by atoms with Gasteiger partial charge in [-0.2, -0.15) is 0 Å². The van der Waals surface area contributed by atoms with Crippen molar-refractivity contribution in [2.45, 2.75) is 17.7 Å². The van der Waals surface area contributed by atoms with Gasteiger partial charge in [-0.15, -0.1) is 11.8 Å². The van der Waals surface area contributed by atoms with Gasteiger partial charge in [-0.05, 0) is 48.6 Å². The van der Waals surface area contributed by atoms with Crippen LogP contribution < -0.4 is 10.5 Å². The van der Waals surface area contributed by atoms with E-state index in [2.05, 4.69) is 0 Å². The molecular weight excluding hydrogens is 338 g/mol. The van der Waals surface area contributed by atoms with E-state index in [1.165, 1.54) is 7.11 Å². The van der Waals surface area contributed by atoms with Crippen molar-refractivity contribution in [3.8, 4) is 22.8 Å². The van der Waals surface area contributed by atoms with Gasteiger partial charge in [-0.25, -0.2) is 0 Å². The van der Waals surface area contributed by atoms with Crippen LogP contribution in [0, 0.1) is 0 Å². The molecular formula is C19H19NO4S. The van der Waals surface area contributed by atoms with Crippen molar-refractivity contribution in [2.24, 2.45) is 5.73 Å². The number of fused-ring (bicyclic) bond motifs is 1. The lowest BCUT2D eigenvalue weighted by Gasteiger charge is -2.06. The number of amides is 1. The van der Waals surface area contributed by atoms with Gasteiger partial charge in [0, 0.05) is 17.4 Å². The number of carbonyl (C=O) groups is 1. The van der Waals surface area contributed by atoms with Crippen LogP contribution in [0.4, 0.5) is 0 Å². The van der Waals surface area contributed by atoms with Gasteiger partial charge >= 0.3 is 0 Å². The van der Waals surface area contributed by atoms with Gasteiger partial charge in [0.1, 0.15) is 11.3 Å². The number of furan rings is 1. The molecule has 5 nitrogen and oxygen atoms in total. The number of primary amides is 1. The summed E-state index contributed by atoms with van der Waals surface area (Å²) in [7, 11) is 1.51. The molecule has 3 rings (SSSR count). The van der Waals surface area contributed by atoms with E-state index in [9.17, 15) is 9.90 Å². The maximum absolute atomic E-state index is 11.0. The number of thioether (sulfide) groups is 1. The molecule has 0 bridgehead atoms. The minimum absolute atomic E-state index is 0.0850. The number of carbonyl (C=O) groups excluding carboxylic acids is 1. The Morgan fingerprint density at radius 3 is 2.76 bits per heavy atom. The number of nitrogens with two attached hydrogens (primary N) is 1. The number of benzene rings is 2. The van der Waals surface area contributed by atoms with E-state index >= 15 is 0 Å². The Hall–Kier alpha value is -2.60. The maximum Gasteiger partial charge on any atom is 0.217 e. The molecule has 1 heterocycles. The van der Waals surface area contributed by atoms with Gasteiger partial charge in [0.05, 0.1) is 12.0 Å². The highest BCUT2D eigenvalue weighted by Gasteiger charge is 2.17. The third-order valence-corrected chi connectivity index (χ3v) is 4.83. The van der Waals surface area contributed by atoms with Crippen molar-refractivity contribution in [1.29, 1.82) is 0 Å². The maximum atomic E-state index is 11.0. The van der Waals surface area contributed by atoms with E-state index in [-0.39, 0.29) is 11.7 Å². The minimum Gasteiger partial charge on any atom is -0.504 e. The van der Waals surface area contributed by atoms with E-state index in [4.69, 9.17) is 14.9 Å². The standard InChI is InChI=1S/C19H19NO4S/c1-23-16-10-12(5-6-14(16)21)18-19(25-2)13-9-11(4-8-17(20)22)3-7-15(13)24-18/h3,5-7,9-10,21H,4,8H2,1-2H3,(H2,20,22). The summed E-state index contributed by atoms with van der Waals surface area (Å²) in [4.78, 5) is 12.0. The van der Waals surface area contributed by atoms with Gasteiger partial charge in [0.25, 0.3) is 0 Å². The second kappa shape index (κ2) is 7.11. The smallest absolute Gasteiger partial charge is 0.217 e. The molecule has 0 aliphatic rings. The third kappa shape index (κ3) is 3.44. The Balaban J connectivity index is 2.08. The molecule has 0 saturated carbocycles. The van der Waals surface area contributed by atoms with Crippen molar-refractivity contribution in [2.75, 3.05) is 13.4 Å². The molecule has 25 heavy (non-hydrogen) atoms. The first-order chi connectivity index (χ1) is 12.0. The van der Waals surface area contributed by atoms with Crippen LogP contribution in [0.5, 0.6) is 11.5 Å². The molecule has 0 fully saturated rings. The number of ether oxygens (including phenoxy) is 1. The lowest BCUT2D eigenvalue weighted by molar-refractivity contribution is -0.117. The number of rotatable bonds is 6. The normalized spacial score (nSPS) is 11.0. The first-order valence-electron chi connectivity index (χ1n) is 7.78. The average molecular weight is 357 g/mol. The first kappa shape index (κ1) is 17.2. The summed E-state index contributed by atoms with van der Waals surface area (Å²) < 4.78 is 11.2. The van der Waals surface area contributed by atoms with Crippen molar-refractivity contribution >= 4 is 28.6 Å². The summed E-state index contributed by atoms with van der Waals surface area (Å²) >= 11 is 1.59. The van der Waals surface area contributed by atoms with Crippen LogP contribution in [-0.2, 0) is 11.2 Å². The number of aromatic hydroxyl groups is 1. The van der Waals surface area contributed by atoms with Crippen LogP contribution in [-0.4, -0.2) is 24.4 Å². The minimum atomic E-state index is -0.311. The largest absolute Gasteiger partial charge is 0.504 e. The fourth-order valence-corrected chi connectivity index (χ4v) is 3.48. The molecule has 0 saturated heterocycles.